The third kappa shape index (κ3) is 3.79. The molecule has 0 aliphatic carbocycles. The predicted molar refractivity (Wildman–Crippen MR) is 105 cm³/mol. The number of hydrogen-bond donors (Lipinski definition) is 3. The van der Waals surface area contributed by atoms with Crippen molar-refractivity contribution in [1.29, 1.82) is 0 Å². The average molecular weight is 382 g/mol. The molecule has 2 aromatic carbocycles. The first-order chi connectivity index (χ1) is 13.5. The van der Waals surface area contributed by atoms with Crippen molar-refractivity contribution in [3.05, 3.63) is 71.2 Å². The molecule has 0 spiro atoms. The van der Waals surface area contributed by atoms with E-state index in [2.05, 4.69) is 10.6 Å². The summed E-state index contributed by atoms with van der Waals surface area (Å²) in [7, 11) is 0. The first-order valence-corrected chi connectivity index (χ1v) is 9.54. The zero-order chi connectivity index (χ0) is 19.6. The zero-order valence-corrected chi connectivity index (χ0v) is 15.5. The first kappa shape index (κ1) is 18.7. The number of nitrogens with one attached hydrogen (secondary N) is 2. The monoisotopic (exact) mass is 382 g/mol. The summed E-state index contributed by atoms with van der Waals surface area (Å²) < 4.78 is 19.3. The molecule has 4 rings (SSSR count). The van der Waals surface area contributed by atoms with Gasteiger partial charge < -0.3 is 20.2 Å². The Hall–Kier alpha value is -2.70. The van der Waals surface area contributed by atoms with Gasteiger partial charge in [-0.15, -0.1) is 0 Å². The minimum atomic E-state index is -0.848. The van der Waals surface area contributed by atoms with Crippen LogP contribution in [-0.4, -0.2) is 30.6 Å². The molecule has 2 heterocycles. The number of carbonyl (C=O) groups excluding carboxylic acids is 1. The molecule has 1 aliphatic rings. The molecule has 1 amide bonds. The highest BCUT2D eigenvalue weighted by Crippen LogP contribution is 2.33. The lowest BCUT2D eigenvalue weighted by Gasteiger charge is -2.33. The number of piperidine rings is 1. The van der Waals surface area contributed by atoms with Crippen molar-refractivity contribution in [1.82, 2.24) is 10.6 Å². The minimum Gasteiger partial charge on any atom is -0.451 e. The van der Waals surface area contributed by atoms with Gasteiger partial charge in [-0.3, -0.25) is 4.79 Å². The number of carbonyl (C=O) groups is 1. The van der Waals surface area contributed by atoms with Crippen molar-refractivity contribution in [3.63, 3.8) is 0 Å². The Morgan fingerprint density at radius 1 is 1.18 bits per heavy atom. The lowest BCUT2D eigenvalue weighted by atomic mass is 9.85. The van der Waals surface area contributed by atoms with Crippen LogP contribution in [0.5, 0.6) is 0 Å². The van der Waals surface area contributed by atoms with E-state index in [1.54, 1.807) is 30.3 Å². The van der Waals surface area contributed by atoms with E-state index in [1.165, 1.54) is 6.07 Å². The number of benzene rings is 2. The Bertz CT molecular complexity index is 992. The zero-order valence-electron chi connectivity index (χ0n) is 15.5. The van der Waals surface area contributed by atoms with Gasteiger partial charge in [-0.2, -0.15) is 0 Å². The Labute approximate surface area is 162 Å². The highest BCUT2D eigenvalue weighted by Gasteiger charge is 2.31. The van der Waals surface area contributed by atoms with Gasteiger partial charge in [0.05, 0.1) is 5.60 Å². The van der Waals surface area contributed by atoms with E-state index < -0.39 is 5.60 Å². The highest BCUT2D eigenvalue weighted by atomic mass is 19.1. The SMILES string of the molecule is O=C(NCCc1ccccc1F)c1cc2cc(C3(O)CCNCC3)ccc2o1. The second kappa shape index (κ2) is 7.73. The van der Waals surface area contributed by atoms with E-state index in [9.17, 15) is 14.3 Å². The van der Waals surface area contributed by atoms with Gasteiger partial charge in [-0.1, -0.05) is 24.3 Å². The summed E-state index contributed by atoms with van der Waals surface area (Å²) in [6.45, 7) is 1.86. The Morgan fingerprint density at radius 3 is 2.75 bits per heavy atom. The molecule has 5 nitrogen and oxygen atoms in total. The molecule has 1 saturated heterocycles. The van der Waals surface area contributed by atoms with E-state index in [4.69, 9.17) is 4.42 Å². The van der Waals surface area contributed by atoms with Gasteiger partial charge in [0.1, 0.15) is 11.4 Å². The van der Waals surface area contributed by atoms with Gasteiger partial charge in [-0.25, -0.2) is 4.39 Å². The van der Waals surface area contributed by atoms with Gasteiger partial charge in [0, 0.05) is 11.9 Å². The van der Waals surface area contributed by atoms with Crippen LogP contribution in [0.25, 0.3) is 11.0 Å². The lowest BCUT2D eigenvalue weighted by molar-refractivity contribution is 0.00605. The van der Waals surface area contributed by atoms with Crippen molar-refractivity contribution in [3.8, 4) is 0 Å². The Morgan fingerprint density at radius 2 is 1.96 bits per heavy atom. The second-order valence-corrected chi connectivity index (χ2v) is 7.24. The molecule has 3 aromatic rings. The Kier molecular flexibility index (Phi) is 5.15. The van der Waals surface area contributed by atoms with Crippen LogP contribution < -0.4 is 10.6 Å². The molecule has 0 unspecified atom stereocenters. The van der Waals surface area contributed by atoms with Crippen LogP contribution in [0.4, 0.5) is 4.39 Å². The van der Waals surface area contributed by atoms with Gasteiger partial charge in [0.15, 0.2) is 5.76 Å². The van der Waals surface area contributed by atoms with Gasteiger partial charge in [0.2, 0.25) is 0 Å². The van der Waals surface area contributed by atoms with Crippen molar-refractivity contribution in [2.24, 2.45) is 0 Å². The maximum Gasteiger partial charge on any atom is 0.287 e. The molecule has 0 bridgehead atoms. The molecule has 146 valence electrons. The maximum atomic E-state index is 13.6. The van der Waals surface area contributed by atoms with Gasteiger partial charge in [-0.05, 0) is 67.7 Å². The third-order valence-corrected chi connectivity index (χ3v) is 5.35. The van der Waals surface area contributed by atoms with E-state index in [0.29, 0.717) is 37.0 Å². The van der Waals surface area contributed by atoms with E-state index in [-0.39, 0.29) is 17.5 Å². The molecular weight excluding hydrogens is 359 g/mol. The first-order valence-electron chi connectivity index (χ1n) is 9.54. The summed E-state index contributed by atoms with van der Waals surface area (Å²) in [6.07, 6.45) is 1.71. The van der Waals surface area contributed by atoms with E-state index >= 15 is 0 Å². The molecule has 0 atom stereocenters. The van der Waals surface area contributed by atoms with E-state index in [0.717, 1.165) is 24.0 Å². The van der Waals surface area contributed by atoms with Crippen molar-refractivity contribution < 1.29 is 18.7 Å². The fourth-order valence-electron chi connectivity index (χ4n) is 3.67. The molecule has 3 N–H and O–H groups in total. The van der Waals surface area contributed by atoms with Crippen LogP contribution in [0.15, 0.2) is 52.9 Å². The summed E-state index contributed by atoms with van der Waals surface area (Å²) in [4.78, 5) is 12.4. The molecule has 0 radical (unpaired) electrons. The van der Waals surface area contributed by atoms with Crippen LogP contribution in [-0.2, 0) is 12.0 Å². The fraction of sp³-hybridized carbons (Fsp3) is 0.318. The number of aliphatic hydroxyl groups is 1. The number of furan rings is 1. The van der Waals surface area contributed by atoms with Crippen LogP contribution in [0, 0.1) is 5.82 Å². The van der Waals surface area contributed by atoms with Crippen LogP contribution in [0.3, 0.4) is 0 Å². The van der Waals surface area contributed by atoms with Crippen LogP contribution in [0.1, 0.15) is 34.5 Å². The average Bonchev–Trinajstić information content (AvgIpc) is 3.13. The van der Waals surface area contributed by atoms with Crippen molar-refractivity contribution >= 4 is 16.9 Å². The fourth-order valence-corrected chi connectivity index (χ4v) is 3.67. The number of halogens is 1. The standard InChI is InChI=1S/C22H23FN2O3/c23-18-4-2-1-3-15(18)7-10-25-21(26)20-14-16-13-17(5-6-19(16)28-20)22(27)8-11-24-12-9-22/h1-6,13-14,24,27H,7-12H2,(H,25,26). The quantitative estimate of drug-likeness (QED) is 0.634. The predicted octanol–water partition coefficient (Wildman–Crippen LogP) is 3.12. The molecule has 28 heavy (non-hydrogen) atoms. The maximum absolute atomic E-state index is 13.6. The normalized spacial score (nSPS) is 16.2. The van der Waals surface area contributed by atoms with Gasteiger partial charge >= 0.3 is 0 Å². The smallest absolute Gasteiger partial charge is 0.287 e. The minimum absolute atomic E-state index is 0.206. The largest absolute Gasteiger partial charge is 0.451 e. The summed E-state index contributed by atoms with van der Waals surface area (Å²) in [5.41, 5.74) is 1.15. The summed E-state index contributed by atoms with van der Waals surface area (Å²) in [6, 6.07) is 13.7. The summed E-state index contributed by atoms with van der Waals surface area (Å²) >= 11 is 0. The van der Waals surface area contributed by atoms with Crippen LogP contribution >= 0.6 is 0 Å². The number of fused-ring (bicyclic) bond motifs is 1. The number of hydrogen-bond acceptors (Lipinski definition) is 4. The van der Waals surface area contributed by atoms with Crippen LogP contribution in [0.2, 0.25) is 0 Å². The topological polar surface area (TPSA) is 74.5 Å². The third-order valence-electron chi connectivity index (χ3n) is 5.35. The number of rotatable bonds is 5. The Balaban J connectivity index is 1.45. The molecule has 1 aromatic heterocycles. The summed E-state index contributed by atoms with van der Waals surface area (Å²) in [5, 5.41) is 17.7. The molecule has 6 heteroatoms. The van der Waals surface area contributed by atoms with Crippen molar-refractivity contribution in [2.45, 2.75) is 24.9 Å². The highest BCUT2D eigenvalue weighted by molar-refractivity contribution is 5.96. The lowest BCUT2D eigenvalue weighted by Crippen LogP contribution is -2.39. The van der Waals surface area contributed by atoms with E-state index in [1.807, 2.05) is 12.1 Å². The molecule has 1 fully saturated rings. The second-order valence-electron chi connectivity index (χ2n) is 7.24. The van der Waals surface area contributed by atoms with Crippen molar-refractivity contribution in [2.75, 3.05) is 19.6 Å². The molecule has 1 aliphatic heterocycles. The molecule has 0 saturated carbocycles. The molecular formula is C22H23FN2O3. The summed E-state index contributed by atoms with van der Waals surface area (Å²) in [5.74, 6) is -0.406. The van der Waals surface area contributed by atoms with Gasteiger partial charge in [0.25, 0.3) is 5.91 Å². The number of amides is 1.